The van der Waals surface area contributed by atoms with Gasteiger partial charge in [-0.25, -0.2) is 4.98 Å². The monoisotopic (exact) mass is 417 g/mol. The van der Waals surface area contributed by atoms with Crippen molar-refractivity contribution in [2.45, 2.75) is 32.1 Å². The number of fused-ring (bicyclic) bond motifs is 2. The number of rotatable bonds is 5. The van der Waals surface area contributed by atoms with E-state index < -0.39 is 0 Å². The molecule has 1 amide bonds. The maximum Gasteiger partial charge on any atom is 0.222 e. The van der Waals surface area contributed by atoms with E-state index in [4.69, 9.17) is 16.6 Å². The average molecular weight is 418 g/mol. The summed E-state index contributed by atoms with van der Waals surface area (Å²) in [5, 5.41) is 2.95. The SMILES string of the molecule is O=C(CCCc1c(-c2ccc3ccccc3n2)[nH]c2ccc(Cl)cc12)N1CCCC1. The Labute approximate surface area is 180 Å². The molecule has 4 aromatic rings. The van der Waals surface area contributed by atoms with Crippen LogP contribution < -0.4 is 0 Å². The first-order valence-electron chi connectivity index (χ1n) is 10.6. The fourth-order valence-corrected chi connectivity index (χ4v) is 4.62. The molecule has 30 heavy (non-hydrogen) atoms. The third-order valence-corrected chi connectivity index (χ3v) is 6.23. The molecule has 0 saturated carbocycles. The molecule has 0 bridgehead atoms. The number of nitrogens with one attached hydrogen (secondary N) is 1. The van der Waals surface area contributed by atoms with Gasteiger partial charge in [-0.05, 0) is 61.6 Å². The molecule has 5 heteroatoms. The second-order valence-corrected chi connectivity index (χ2v) is 8.44. The molecule has 0 radical (unpaired) electrons. The summed E-state index contributed by atoms with van der Waals surface area (Å²) in [4.78, 5) is 22.9. The predicted octanol–water partition coefficient (Wildman–Crippen LogP) is 5.98. The highest BCUT2D eigenvalue weighted by Gasteiger charge is 2.19. The van der Waals surface area contributed by atoms with Crippen LogP contribution in [-0.4, -0.2) is 33.9 Å². The van der Waals surface area contributed by atoms with Gasteiger partial charge in [-0.15, -0.1) is 0 Å². The summed E-state index contributed by atoms with van der Waals surface area (Å²) in [6, 6.07) is 18.2. The highest BCUT2D eigenvalue weighted by atomic mass is 35.5. The third-order valence-electron chi connectivity index (χ3n) is 6.00. The van der Waals surface area contributed by atoms with E-state index in [9.17, 15) is 4.79 Å². The summed E-state index contributed by atoms with van der Waals surface area (Å²) >= 11 is 6.30. The van der Waals surface area contributed by atoms with Crippen molar-refractivity contribution in [1.82, 2.24) is 14.9 Å². The Morgan fingerprint density at radius 1 is 1.07 bits per heavy atom. The Morgan fingerprint density at radius 2 is 1.90 bits per heavy atom. The second-order valence-electron chi connectivity index (χ2n) is 8.00. The summed E-state index contributed by atoms with van der Waals surface area (Å²) in [6.45, 7) is 1.82. The predicted molar refractivity (Wildman–Crippen MR) is 123 cm³/mol. The van der Waals surface area contributed by atoms with Gasteiger partial charge in [-0.1, -0.05) is 35.9 Å². The highest BCUT2D eigenvalue weighted by Crippen LogP contribution is 2.33. The number of benzene rings is 2. The first-order chi connectivity index (χ1) is 14.7. The maximum atomic E-state index is 12.5. The maximum absolute atomic E-state index is 12.5. The number of nitrogens with zero attached hydrogens (tertiary/aromatic N) is 2. The van der Waals surface area contributed by atoms with Crippen molar-refractivity contribution < 1.29 is 4.79 Å². The first-order valence-corrected chi connectivity index (χ1v) is 11.0. The van der Waals surface area contributed by atoms with Crippen molar-refractivity contribution in [3.63, 3.8) is 0 Å². The van der Waals surface area contributed by atoms with Crippen molar-refractivity contribution in [2.24, 2.45) is 0 Å². The van der Waals surface area contributed by atoms with Gasteiger partial charge in [0.15, 0.2) is 0 Å². The Balaban J connectivity index is 1.48. The molecule has 3 heterocycles. The van der Waals surface area contributed by atoms with Crippen LogP contribution in [0.3, 0.4) is 0 Å². The van der Waals surface area contributed by atoms with Gasteiger partial charge in [0.05, 0.1) is 16.9 Å². The van der Waals surface area contributed by atoms with E-state index in [1.807, 2.05) is 41.3 Å². The number of carbonyl (C=O) groups excluding carboxylic acids is 1. The molecule has 0 spiro atoms. The third kappa shape index (κ3) is 3.68. The van der Waals surface area contributed by atoms with E-state index in [0.717, 1.165) is 72.0 Å². The van der Waals surface area contributed by atoms with Crippen LogP contribution in [0.2, 0.25) is 5.02 Å². The van der Waals surface area contributed by atoms with Crippen LogP contribution in [0.25, 0.3) is 33.2 Å². The number of H-pyrrole nitrogens is 1. The number of para-hydroxylation sites is 1. The normalized spacial score (nSPS) is 14.1. The number of aryl methyl sites for hydroxylation is 1. The van der Waals surface area contributed by atoms with Gasteiger partial charge >= 0.3 is 0 Å². The molecule has 5 rings (SSSR count). The number of hydrogen-bond donors (Lipinski definition) is 1. The summed E-state index contributed by atoms with van der Waals surface area (Å²) in [7, 11) is 0. The Morgan fingerprint density at radius 3 is 2.77 bits per heavy atom. The molecule has 4 nitrogen and oxygen atoms in total. The van der Waals surface area contributed by atoms with Gasteiger partial charge < -0.3 is 9.88 Å². The summed E-state index contributed by atoms with van der Waals surface area (Å²) in [5.41, 5.74) is 5.14. The van der Waals surface area contributed by atoms with E-state index in [1.54, 1.807) is 0 Å². The van der Waals surface area contributed by atoms with Gasteiger partial charge in [0.2, 0.25) is 5.91 Å². The Kier molecular flexibility index (Phi) is 5.17. The molecular weight excluding hydrogens is 394 g/mol. The van der Waals surface area contributed by atoms with E-state index in [0.29, 0.717) is 11.4 Å². The van der Waals surface area contributed by atoms with Gasteiger partial charge in [-0.3, -0.25) is 4.79 Å². The molecule has 1 aliphatic heterocycles. The number of aromatic amines is 1. The topological polar surface area (TPSA) is 49.0 Å². The standard InChI is InChI=1S/C25H24ClN3O/c26-18-11-13-22-20(16-18)19(7-5-9-24(30)29-14-3-4-15-29)25(28-22)23-12-10-17-6-1-2-8-21(17)27-23/h1-2,6,8,10-13,16,28H,3-5,7,9,14-15H2. The van der Waals surface area contributed by atoms with E-state index >= 15 is 0 Å². The lowest BCUT2D eigenvalue weighted by Gasteiger charge is -2.15. The Hall–Kier alpha value is -2.85. The van der Waals surface area contributed by atoms with Crippen LogP contribution >= 0.6 is 11.6 Å². The smallest absolute Gasteiger partial charge is 0.222 e. The van der Waals surface area contributed by atoms with Crippen LogP contribution in [-0.2, 0) is 11.2 Å². The van der Waals surface area contributed by atoms with Crippen LogP contribution in [0.4, 0.5) is 0 Å². The lowest BCUT2D eigenvalue weighted by atomic mass is 10.0. The number of likely N-dealkylation sites (tertiary alicyclic amines) is 1. The van der Waals surface area contributed by atoms with Crippen molar-refractivity contribution in [3.05, 3.63) is 65.2 Å². The number of aromatic nitrogens is 2. The summed E-state index contributed by atoms with van der Waals surface area (Å²) in [5.74, 6) is 0.274. The highest BCUT2D eigenvalue weighted by molar-refractivity contribution is 6.31. The van der Waals surface area contributed by atoms with Crippen LogP contribution in [0.5, 0.6) is 0 Å². The molecule has 152 valence electrons. The molecular formula is C25H24ClN3O. The van der Waals surface area contributed by atoms with Crippen molar-refractivity contribution in [3.8, 4) is 11.4 Å². The first kappa shape index (κ1) is 19.1. The van der Waals surface area contributed by atoms with Gasteiger partial charge in [0, 0.05) is 40.8 Å². The second kappa shape index (κ2) is 8.11. The van der Waals surface area contributed by atoms with Gasteiger partial charge in [-0.2, -0.15) is 0 Å². The summed E-state index contributed by atoms with van der Waals surface area (Å²) < 4.78 is 0. The fourth-order valence-electron chi connectivity index (χ4n) is 4.44. The van der Waals surface area contributed by atoms with Crippen molar-refractivity contribution in [2.75, 3.05) is 13.1 Å². The molecule has 2 aromatic heterocycles. The minimum atomic E-state index is 0.274. The zero-order valence-corrected chi connectivity index (χ0v) is 17.6. The van der Waals surface area contributed by atoms with E-state index in [-0.39, 0.29) is 5.91 Å². The van der Waals surface area contributed by atoms with Gasteiger partial charge in [0.25, 0.3) is 0 Å². The lowest BCUT2D eigenvalue weighted by Crippen LogP contribution is -2.27. The van der Waals surface area contributed by atoms with Crippen LogP contribution in [0, 0.1) is 0 Å². The van der Waals surface area contributed by atoms with E-state index in [2.05, 4.69) is 23.2 Å². The zero-order valence-electron chi connectivity index (χ0n) is 16.8. The van der Waals surface area contributed by atoms with Crippen molar-refractivity contribution >= 4 is 39.3 Å². The molecule has 0 atom stereocenters. The average Bonchev–Trinajstić information content (AvgIpc) is 3.42. The van der Waals surface area contributed by atoms with Crippen LogP contribution in [0.15, 0.2) is 54.6 Å². The van der Waals surface area contributed by atoms with Crippen molar-refractivity contribution in [1.29, 1.82) is 0 Å². The number of amides is 1. The van der Waals surface area contributed by atoms with E-state index in [1.165, 1.54) is 5.56 Å². The molecule has 2 aromatic carbocycles. The number of hydrogen-bond acceptors (Lipinski definition) is 2. The number of pyridine rings is 1. The molecule has 1 fully saturated rings. The molecule has 1 saturated heterocycles. The van der Waals surface area contributed by atoms with Crippen LogP contribution in [0.1, 0.15) is 31.2 Å². The quantitative estimate of drug-likeness (QED) is 0.434. The van der Waals surface area contributed by atoms with Gasteiger partial charge in [0.1, 0.15) is 0 Å². The molecule has 1 N–H and O–H groups in total. The molecule has 1 aliphatic rings. The Bertz CT molecular complexity index is 1220. The number of halogens is 1. The minimum Gasteiger partial charge on any atom is -0.353 e. The summed E-state index contributed by atoms with van der Waals surface area (Å²) in [6.07, 6.45) is 4.46. The number of carbonyl (C=O) groups is 1. The fraction of sp³-hybridized carbons (Fsp3) is 0.280. The molecule has 0 unspecified atom stereocenters. The minimum absolute atomic E-state index is 0.274. The zero-order chi connectivity index (χ0) is 20.5. The molecule has 0 aliphatic carbocycles. The largest absolute Gasteiger partial charge is 0.353 e. The lowest BCUT2D eigenvalue weighted by molar-refractivity contribution is -0.130.